The van der Waals surface area contributed by atoms with E-state index in [1.54, 1.807) is 4.90 Å². The molecule has 2 aliphatic rings. The topological polar surface area (TPSA) is 40.6 Å². The van der Waals surface area contributed by atoms with E-state index in [0.717, 1.165) is 28.9 Å². The third kappa shape index (κ3) is 3.55. The maximum Gasteiger partial charge on any atom is 0.255 e. The molecule has 146 valence electrons. The molecule has 2 aromatic rings. The standard InChI is InChI=1S/C21H19BrClFN2O2/c22-15-3-1-2-14(12-15)21(6-7-21)20(28)26-10-8-25(9-11-26)19(27)17-5-4-16(24)13-18(17)23/h1-5,12-13H,6-11H2. The quantitative estimate of drug-likeness (QED) is 0.680. The number of hydrogen-bond donors (Lipinski definition) is 0. The molecule has 1 aliphatic heterocycles. The monoisotopic (exact) mass is 464 g/mol. The zero-order valence-corrected chi connectivity index (χ0v) is 17.5. The molecule has 0 spiro atoms. The molecule has 1 aliphatic carbocycles. The highest BCUT2D eigenvalue weighted by Crippen LogP contribution is 2.50. The van der Waals surface area contributed by atoms with E-state index in [9.17, 15) is 14.0 Å². The van der Waals surface area contributed by atoms with Crippen molar-refractivity contribution in [3.63, 3.8) is 0 Å². The molecule has 4 nitrogen and oxygen atoms in total. The van der Waals surface area contributed by atoms with E-state index in [1.807, 2.05) is 29.2 Å². The number of amides is 2. The molecule has 1 heterocycles. The molecule has 0 N–H and O–H groups in total. The van der Waals surface area contributed by atoms with Crippen molar-refractivity contribution < 1.29 is 14.0 Å². The smallest absolute Gasteiger partial charge is 0.255 e. The molecule has 0 atom stereocenters. The number of carbonyl (C=O) groups excluding carboxylic acids is 2. The molecule has 0 bridgehead atoms. The largest absolute Gasteiger partial charge is 0.338 e. The summed E-state index contributed by atoms with van der Waals surface area (Å²) in [7, 11) is 0. The first-order valence-corrected chi connectivity index (χ1v) is 10.4. The minimum Gasteiger partial charge on any atom is -0.338 e. The average Bonchev–Trinajstić information content (AvgIpc) is 3.49. The highest BCUT2D eigenvalue weighted by Gasteiger charge is 2.53. The molecule has 28 heavy (non-hydrogen) atoms. The minimum atomic E-state index is -0.473. The first-order chi connectivity index (χ1) is 13.4. The van der Waals surface area contributed by atoms with Gasteiger partial charge in [-0.15, -0.1) is 0 Å². The number of carbonyl (C=O) groups is 2. The second-order valence-electron chi connectivity index (χ2n) is 7.30. The maximum absolute atomic E-state index is 13.2. The Bertz CT molecular complexity index is 940. The van der Waals surface area contributed by atoms with Crippen molar-refractivity contribution in [2.75, 3.05) is 26.2 Å². The molecule has 4 rings (SSSR count). The average molecular weight is 466 g/mol. The Labute approximate surface area is 176 Å². The summed E-state index contributed by atoms with van der Waals surface area (Å²) in [5.41, 5.74) is 0.912. The van der Waals surface area contributed by atoms with Gasteiger partial charge < -0.3 is 9.80 Å². The first kappa shape index (κ1) is 19.4. The Morgan fingerprint density at radius 2 is 1.68 bits per heavy atom. The number of nitrogens with zero attached hydrogens (tertiary/aromatic N) is 2. The Hall–Kier alpha value is -1.92. The minimum absolute atomic E-state index is 0.107. The molecule has 1 saturated carbocycles. The van der Waals surface area contributed by atoms with Crippen LogP contribution in [-0.4, -0.2) is 47.8 Å². The van der Waals surface area contributed by atoms with Crippen LogP contribution in [-0.2, 0) is 10.2 Å². The van der Waals surface area contributed by atoms with Crippen LogP contribution in [0.1, 0.15) is 28.8 Å². The summed E-state index contributed by atoms with van der Waals surface area (Å²) in [6.07, 6.45) is 1.71. The lowest BCUT2D eigenvalue weighted by atomic mass is 9.94. The second kappa shape index (κ2) is 7.48. The van der Waals surface area contributed by atoms with Crippen molar-refractivity contribution in [2.24, 2.45) is 0 Å². The Morgan fingerprint density at radius 1 is 1.00 bits per heavy atom. The van der Waals surface area contributed by atoms with E-state index in [1.165, 1.54) is 12.1 Å². The fraction of sp³-hybridized carbons (Fsp3) is 0.333. The lowest BCUT2D eigenvalue weighted by Gasteiger charge is -2.37. The summed E-state index contributed by atoms with van der Waals surface area (Å²) in [4.78, 5) is 29.4. The second-order valence-corrected chi connectivity index (χ2v) is 8.62. The fourth-order valence-corrected chi connectivity index (χ4v) is 4.43. The predicted molar refractivity (Wildman–Crippen MR) is 109 cm³/mol. The number of piperazine rings is 1. The van der Waals surface area contributed by atoms with Crippen molar-refractivity contribution in [1.82, 2.24) is 9.80 Å². The van der Waals surface area contributed by atoms with Crippen LogP contribution in [0.4, 0.5) is 4.39 Å². The zero-order valence-electron chi connectivity index (χ0n) is 15.1. The summed E-state index contributed by atoms with van der Waals surface area (Å²) in [5, 5.41) is 0.107. The molecule has 0 unspecified atom stereocenters. The number of halogens is 3. The highest BCUT2D eigenvalue weighted by molar-refractivity contribution is 9.10. The van der Waals surface area contributed by atoms with Gasteiger partial charge in [0.1, 0.15) is 5.82 Å². The van der Waals surface area contributed by atoms with E-state index in [2.05, 4.69) is 15.9 Å². The summed E-state index contributed by atoms with van der Waals surface area (Å²) in [5.74, 6) is -0.568. The summed E-state index contributed by atoms with van der Waals surface area (Å²) in [6.45, 7) is 1.85. The molecular weight excluding hydrogens is 447 g/mol. The molecular formula is C21H19BrClFN2O2. The van der Waals surface area contributed by atoms with Gasteiger partial charge in [0, 0.05) is 30.7 Å². The molecule has 0 aromatic heterocycles. The number of rotatable bonds is 3. The number of hydrogen-bond acceptors (Lipinski definition) is 2. The van der Waals surface area contributed by atoms with Gasteiger partial charge in [0.05, 0.1) is 16.0 Å². The molecule has 7 heteroatoms. The Morgan fingerprint density at radius 3 is 2.29 bits per heavy atom. The van der Waals surface area contributed by atoms with Crippen LogP contribution in [0.25, 0.3) is 0 Å². The summed E-state index contributed by atoms with van der Waals surface area (Å²) >= 11 is 9.50. The molecule has 1 saturated heterocycles. The van der Waals surface area contributed by atoms with E-state index < -0.39 is 11.2 Å². The normalized spacial score (nSPS) is 18.1. The van der Waals surface area contributed by atoms with Gasteiger partial charge in [0.15, 0.2) is 0 Å². The lowest BCUT2D eigenvalue weighted by Crippen LogP contribution is -2.53. The van der Waals surface area contributed by atoms with Crippen molar-refractivity contribution in [1.29, 1.82) is 0 Å². The molecule has 2 fully saturated rings. The van der Waals surface area contributed by atoms with Crippen molar-refractivity contribution in [3.05, 3.63) is 68.9 Å². The maximum atomic E-state index is 13.2. The van der Waals surface area contributed by atoms with Crippen LogP contribution in [0.5, 0.6) is 0 Å². The van der Waals surface area contributed by atoms with Crippen LogP contribution in [0.3, 0.4) is 0 Å². The molecule has 0 radical (unpaired) electrons. The van der Waals surface area contributed by atoms with Crippen LogP contribution in [0.2, 0.25) is 5.02 Å². The lowest BCUT2D eigenvalue weighted by molar-refractivity contribution is -0.135. The van der Waals surface area contributed by atoms with Gasteiger partial charge in [-0.2, -0.15) is 0 Å². The van der Waals surface area contributed by atoms with E-state index in [4.69, 9.17) is 11.6 Å². The number of benzene rings is 2. The fourth-order valence-electron chi connectivity index (χ4n) is 3.79. The van der Waals surface area contributed by atoms with Gasteiger partial charge >= 0.3 is 0 Å². The van der Waals surface area contributed by atoms with Gasteiger partial charge in [0.25, 0.3) is 5.91 Å². The van der Waals surface area contributed by atoms with Gasteiger partial charge in [-0.3, -0.25) is 9.59 Å². The van der Waals surface area contributed by atoms with Gasteiger partial charge in [0.2, 0.25) is 5.91 Å². The molecule has 2 aromatic carbocycles. The van der Waals surface area contributed by atoms with Crippen LogP contribution < -0.4 is 0 Å². The predicted octanol–water partition coefficient (Wildman–Crippen LogP) is 4.26. The van der Waals surface area contributed by atoms with Gasteiger partial charge in [-0.25, -0.2) is 4.39 Å². The van der Waals surface area contributed by atoms with Crippen molar-refractivity contribution >= 4 is 39.3 Å². The van der Waals surface area contributed by atoms with Gasteiger partial charge in [-0.1, -0.05) is 39.7 Å². The Balaban J connectivity index is 1.43. The first-order valence-electron chi connectivity index (χ1n) is 9.20. The van der Waals surface area contributed by atoms with E-state index in [0.29, 0.717) is 26.2 Å². The van der Waals surface area contributed by atoms with Crippen LogP contribution >= 0.6 is 27.5 Å². The third-order valence-electron chi connectivity index (χ3n) is 5.55. The summed E-state index contributed by atoms with van der Waals surface area (Å²) < 4.78 is 14.2. The SMILES string of the molecule is O=C(c1ccc(F)cc1Cl)N1CCN(C(=O)C2(c3cccc(Br)c3)CC2)CC1. The Kier molecular flexibility index (Phi) is 5.19. The summed E-state index contributed by atoms with van der Waals surface area (Å²) in [6, 6.07) is 11.7. The van der Waals surface area contributed by atoms with E-state index in [-0.39, 0.29) is 22.4 Å². The van der Waals surface area contributed by atoms with Crippen LogP contribution in [0, 0.1) is 5.82 Å². The third-order valence-corrected chi connectivity index (χ3v) is 6.36. The zero-order chi connectivity index (χ0) is 19.9. The van der Waals surface area contributed by atoms with Crippen LogP contribution in [0.15, 0.2) is 46.9 Å². The van der Waals surface area contributed by atoms with Crippen molar-refractivity contribution in [2.45, 2.75) is 18.3 Å². The van der Waals surface area contributed by atoms with Crippen molar-refractivity contribution in [3.8, 4) is 0 Å². The van der Waals surface area contributed by atoms with E-state index >= 15 is 0 Å². The molecule has 2 amide bonds. The van der Waals surface area contributed by atoms with Gasteiger partial charge in [-0.05, 0) is 48.7 Å². The highest BCUT2D eigenvalue weighted by atomic mass is 79.9.